The summed E-state index contributed by atoms with van der Waals surface area (Å²) in [5.41, 5.74) is -0.231. The first-order valence-electron chi connectivity index (χ1n) is 6.73. The molecule has 0 spiro atoms. The van der Waals surface area contributed by atoms with Gasteiger partial charge in [-0.1, -0.05) is 25.0 Å². The van der Waals surface area contributed by atoms with Crippen molar-refractivity contribution < 1.29 is 19.4 Å². The molecule has 108 valence electrons. The van der Waals surface area contributed by atoms with Crippen LogP contribution in [0.5, 0.6) is 5.75 Å². The van der Waals surface area contributed by atoms with Gasteiger partial charge in [0.05, 0.1) is 13.5 Å². The maximum Gasteiger partial charge on any atom is 0.329 e. The van der Waals surface area contributed by atoms with Crippen molar-refractivity contribution in [3.63, 3.8) is 0 Å². The molecule has 5 nitrogen and oxygen atoms in total. The van der Waals surface area contributed by atoms with Crippen molar-refractivity contribution in [2.75, 3.05) is 7.11 Å². The van der Waals surface area contributed by atoms with Crippen LogP contribution in [-0.2, 0) is 16.0 Å². The van der Waals surface area contributed by atoms with Crippen molar-refractivity contribution in [1.29, 1.82) is 0 Å². The van der Waals surface area contributed by atoms with Gasteiger partial charge in [0.25, 0.3) is 0 Å². The van der Waals surface area contributed by atoms with E-state index in [0.717, 1.165) is 24.2 Å². The van der Waals surface area contributed by atoms with Crippen LogP contribution in [-0.4, -0.2) is 29.6 Å². The highest BCUT2D eigenvalue weighted by Crippen LogP contribution is 2.30. The Labute approximate surface area is 117 Å². The number of hydrogen-bond acceptors (Lipinski definition) is 3. The molecule has 1 aromatic rings. The maximum atomic E-state index is 12.0. The summed E-state index contributed by atoms with van der Waals surface area (Å²) in [6, 6.07) is 7.18. The van der Waals surface area contributed by atoms with Crippen LogP contribution in [0.2, 0.25) is 0 Å². The molecule has 1 aliphatic carbocycles. The van der Waals surface area contributed by atoms with Gasteiger partial charge in [-0.3, -0.25) is 4.79 Å². The first-order chi connectivity index (χ1) is 9.55. The molecule has 0 aromatic heterocycles. The van der Waals surface area contributed by atoms with Gasteiger partial charge < -0.3 is 15.2 Å². The number of carbonyl (C=O) groups is 2. The lowest BCUT2D eigenvalue weighted by molar-refractivity contribution is -0.147. The fourth-order valence-corrected chi connectivity index (χ4v) is 2.61. The molecule has 0 heterocycles. The minimum Gasteiger partial charge on any atom is -0.497 e. The van der Waals surface area contributed by atoms with E-state index in [4.69, 9.17) is 4.74 Å². The molecule has 20 heavy (non-hydrogen) atoms. The quantitative estimate of drug-likeness (QED) is 0.859. The largest absolute Gasteiger partial charge is 0.497 e. The number of carbonyl (C=O) groups excluding carboxylic acids is 1. The molecule has 0 saturated heterocycles. The maximum absolute atomic E-state index is 12.0. The van der Waals surface area contributed by atoms with Gasteiger partial charge in [0.15, 0.2) is 0 Å². The number of carboxylic acid groups (broad SMARTS) is 1. The lowest BCUT2D eigenvalue weighted by atomic mass is 9.97. The number of nitrogens with one attached hydrogen (secondary N) is 1. The number of aliphatic carboxylic acids is 1. The number of hydrogen-bond donors (Lipinski definition) is 2. The van der Waals surface area contributed by atoms with Crippen LogP contribution in [0.3, 0.4) is 0 Å². The normalized spacial score (nSPS) is 16.6. The third-order valence-corrected chi connectivity index (χ3v) is 3.77. The molecule has 1 fully saturated rings. The summed E-state index contributed by atoms with van der Waals surface area (Å²) in [7, 11) is 1.58. The Bertz CT molecular complexity index is 489. The van der Waals surface area contributed by atoms with Crippen molar-refractivity contribution in [1.82, 2.24) is 5.32 Å². The van der Waals surface area contributed by atoms with Crippen molar-refractivity contribution in [2.45, 2.75) is 37.6 Å². The van der Waals surface area contributed by atoms with Gasteiger partial charge in [-0.05, 0) is 30.5 Å². The number of ether oxygens (including phenoxy) is 1. The van der Waals surface area contributed by atoms with Gasteiger partial charge in [-0.15, -0.1) is 0 Å². The second kappa shape index (κ2) is 5.94. The highest BCUT2D eigenvalue weighted by molar-refractivity contribution is 5.88. The second-order valence-corrected chi connectivity index (χ2v) is 5.17. The molecule has 2 rings (SSSR count). The van der Waals surface area contributed by atoms with Gasteiger partial charge in [0, 0.05) is 0 Å². The van der Waals surface area contributed by atoms with E-state index in [-0.39, 0.29) is 12.3 Å². The first kappa shape index (κ1) is 14.4. The second-order valence-electron chi connectivity index (χ2n) is 5.17. The van der Waals surface area contributed by atoms with Crippen LogP contribution in [0.15, 0.2) is 24.3 Å². The molecular weight excluding hydrogens is 258 g/mol. The first-order valence-corrected chi connectivity index (χ1v) is 6.73. The van der Waals surface area contributed by atoms with E-state index in [1.54, 1.807) is 31.4 Å². The summed E-state index contributed by atoms with van der Waals surface area (Å²) in [5.74, 6) is -0.454. The molecule has 0 aliphatic heterocycles. The predicted molar refractivity (Wildman–Crippen MR) is 73.7 cm³/mol. The zero-order chi connectivity index (χ0) is 14.6. The topological polar surface area (TPSA) is 75.6 Å². The third kappa shape index (κ3) is 3.10. The molecule has 2 N–H and O–H groups in total. The van der Waals surface area contributed by atoms with Gasteiger partial charge in [0.2, 0.25) is 5.91 Å². The standard InChI is InChI=1S/C15H19NO4/c1-20-12-6-4-11(5-7-12)10-13(17)16-15(14(18)19)8-2-3-9-15/h4-7H,2-3,8-10H2,1H3,(H,16,17)(H,18,19). The molecule has 1 amide bonds. The molecule has 1 aliphatic rings. The lowest BCUT2D eigenvalue weighted by Crippen LogP contribution is -2.52. The summed E-state index contributed by atoms with van der Waals surface area (Å²) in [5, 5.41) is 12.0. The predicted octanol–water partition coefficient (Wildman–Crippen LogP) is 1.75. The van der Waals surface area contributed by atoms with E-state index in [0.29, 0.717) is 12.8 Å². The monoisotopic (exact) mass is 277 g/mol. The van der Waals surface area contributed by atoms with Crippen LogP contribution in [0.4, 0.5) is 0 Å². The zero-order valence-electron chi connectivity index (χ0n) is 11.5. The molecule has 0 atom stereocenters. The van der Waals surface area contributed by atoms with E-state index in [2.05, 4.69) is 5.32 Å². The fraction of sp³-hybridized carbons (Fsp3) is 0.467. The van der Waals surface area contributed by atoms with Crippen molar-refractivity contribution in [2.24, 2.45) is 0 Å². The van der Waals surface area contributed by atoms with E-state index >= 15 is 0 Å². The average Bonchev–Trinajstić information content (AvgIpc) is 2.89. The number of rotatable bonds is 5. The van der Waals surface area contributed by atoms with Gasteiger partial charge >= 0.3 is 5.97 Å². The third-order valence-electron chi connectivity index (χ3n) is 3.77. The Balaban J connectivity index is 1.99. The van der Waals surface area contributed by atoms with Crippen LogP contribution in [0, 0.1) is 0 Å². The highest BCUT2D eigenvalue weighted by atomic mass is 16.5. The average molecular weight is 277 g/mol. The molecule has 1 saturated carbocycles. The Morgan fingerprint density at radius 3 is 2.35 bits per heavy atom. The minimum absolute atomic E-state index is 0.180. The SMILES string of the molecule is COc1ccc(CC(=O)NC2(C(=O)O)CCCC2)cc1. The van der Waals surface area contributed by atoms with E-state index in [9.17, 15) is 14.7 Å². The van der Waals surface area contributed by atoms with E-state index in [1.807, 2.05) is 0 Å². The molecule has 0 bridgehead atoms. The van der Waals surface area contributed by atoms with E-state index < -0.39 is 11.5 Å². The Morgan fingerprint density at radius 2 is 1.85 bits per heavy atom. The Hall–Kier alpha value is -2.04. The summed E-state index contributed by atoms with van der Waals surface area (Å²) in [6.07, 6.45) is 2.89. The summed E-state index contributed by atoms with van der Waals surface area (Å²) >= 11 is 0. The molecule has 0 unspecified atom stereocenters. The van der Waals surface area contributed by atoms with Gasteiger partial charge in [0.1, 0.15) is 11.3 Å². The van der Waals surface area contributed by atoms with Crippen LogP contribution in [0.1, 0.15) is 31.2 Å². The summed E-state index contributed by atoms with van der Waals surface area (Å²) in [6.45, 7) is 0. The molecule has 1 aromatic carbocycles. The number of methoxy groups -OCH3 is 1. The highest BCUT2D eigenvalue weighted by Gasteiger charge is 2.42. The number of carboxylic acids is 1. The smallest absolute Gasteiger partial charge is 0.329 e. The number of benzene rings is 1. The molecule has 0 radical (unpaired) electrons. The summed E-state index contributed by atoms with van der Waals surface area (Å²) in [4.78, 5) is 23.4. The molecular formula is C15H19NO4. The number of amides is 1. The van der Waals surface area contributed by atoms with Gasteiger partial charge in [-0.25, -0.2) is 4.79 Å². The summed E-state index contributed by atoms with van der Waals surface area (Å²) < 4.78 is 5.05. The molecule has 5 heteroatoms. The lowest BCUT2D eigenvalue weighted by Gasteiger charge is -2.25. The van der Waals surface area contributed by atoms with Crippen molar-refractivity contribution in [3.05, 3.63) is 29.8 Å². The minimum atomic E-state index is -1.07. The Morgan fingerprint density at radius 1 is 1.25 bits per heavy atom. The van der Waals surface area contributed by atoms with Crippen LogP contribution >= 0.6 is 0 Å². The Kier molecular flexibility index (Phi) is 4.27. The van der Waals surface area contributed by atoms with Crippen LogP contribution in [0.25, 0.3) is 0 Å². The fourth-order valence-electron chi connectivity index (χ4n) is 2.61. The van der Waals surface area contributed by atoms with E-state index in [1.165, 1.54) is 0 Å². The van der Waals surface area contributed by atoms with Crippen LogP contribution < -0.4 is 10.1 Å². The van der Waals surface area contributed by atoms with Crippen molar-refractivity contribution >= 4 is 11.9 Å². The van der Waals surface area contributed by atoms with Gasteiger partial charge in [-0.2, -0.15) is 0 Å². The zero-order valence-corrected chi connectivity index (χ0v) is 11.5. The van der Waals surface area contributed by atoms with Crippen molar-refractivity contribution in [3.8, 4) is 5.75 Å².